The molecule has 2 heterocycles. The maximum absolute atomic E-state index is 13.4. The van der Waals surface area contributed by atoms with Gasteiger partial charge in [0.1, 0.15) is 6.04 Å². The van der Waals surface area contributed by atoms with Crippen LogP contribution in [0.4, 0.5) is 0 Å². The zero-order valence-corrected chi connectivity index (χ0v) is 18.0. The number of nitrogens with one attached hydrogen (secondary N) is 1. The summed E-state index contributed by atoms with van der Waals surface area (Å²) in [5, 5.41) is 3.05. The second kappa shape index (κ2) is 9.98. The molecule has 2 amide bonds. The SMILES string of the molecule is CSCC[C@H]1C(=O)N2[C@H](CNC(=O)[C@@H]2CC(C)C)CN1CCCC(C)C. The number of rotatable bonds is 9. The Labute approximate surface area is 163 Å². The lowest BCUT2D eigenvalue weighted by atomic mass is 9.92. The average Bonchev–Trinajstić information content (AvgIpc) is 2.56. The van der Waals surface area contributed by atoms with E-state index in [2.05, 4.69) is 44.2 Å². The maximum atomic E-state index is 13.4. The summed E-state index contributed by atoms with van der Waals surface area (Å²) >= 11 is 1.79. The fraction of sp³-hybridized carbons (Fsp3) is 0.900. The van der Waals surface area contributed by atoms with Gasteiger partial charge in [0.05, 0.1) is 12.1 Å². The first-order valence-electron chi connectivity index (χ1n) is 10.2. The molecule has 3 atom stereocenters. The molecule has 0 aromatic heterocycles. The fourth-order valence-electron chi connectivity index (χ4n) is 4.18. The van der Waals surface area contributed by atoms with Gasteiger partial charge >= 0.3 is 0 Å². The first-order valence-corrected chi connectivity index (χ1v) is 11.6. The number of hydrogen-bond acceptors (Lipinski definition) is 4. The molecule has 0 radical (unpaired) electrons. The van der Waals surface area contributed by atoms with E-state index in [1.54, 1.807) is 11.8 Å². The van der Waals surface area contributed by atoms with Crippen LogP contribution in [0.15, 0.2) is 0 Å². The molecule has 26 heavy (non-hydrogen) atoms. The number of nitrogens with zero attached hydrogens (tertiary/aromatic N) is 2. The van der Waals surface area contributed by atoms with Gasteiger partial charge in [-0.1, -0.05) is 27.7 Å². The van der Waals surface area contributed by atoms with Crippen LogP contribution in [0.5, 0.6) is 0 Å². The highest BCUT2D eigenvalue weighted by Gasteiger charge is 2.47. The number of hydrogen-bond donors (Lipinski definition) is 1. The van der Waals surface area contributed by atoms with Crippen molar-refractivity contribution >= 4 is 23.6 Å². The van der Waals surface area contributed by atoms with Gasteiger partial charge in [-0.3, -0.25) is 14.5 Å². The molecule has 2 rings (SSSR count). The summed E-state index contributed by atoms with van der Waals surface area (Å²) in [6.45, 7) is 11.2. The van der Waals surface area contributed by atoms with Gasteiger partial charge in [-0.25, -0.2) is 0 Å². The Balaban J connectivity index is 2.15. The highest BCUT2D eigenvalue weighted by Crippen LogP contribution is 2.27. The van der Waals surface area contributed by atoms with Crippen molar-refractivity contribution in [2.24, 2.45) is 11.8 Å². The van der Waals surface area contributed by atoms with Crippen LogP contribution in [0.3, 0.4) is 0 Å². The summed E-state index contributed by atoms with van der Waals surface area (Å²) in [4.78, 5) is 30.2. The van der Waals surface area contributed by atoms with Crippen LogP contribution in [0.25, 0.3) is 0 Å². The Bertz CT molecular complexity index is 484. The first kappa shape index (κ1) is 21.5. The molecule has 0 spiro atoms. The van der Waals surface area contributed by atoms with E-state index in [0.29, 0.717) is 18.4 Å². The lowest BCUT2D eigenvalue weighted by Gasteiger charge is -2.51. The summed E-state index contributed by atoms with van der Waals surface area (Å²) in [5.74, 6) is 2.28. The van der Waals surface area contributed by atoms with Gasteiger partial charge in [-0.15, -0.1) is 0 Å². The zero-order chi connectivity index (χ0) is 19.3. The van der Waals surface area contributed by atoms with Crippen molar-refractivity contribution in [2.75, 3.05) is 31.6 Å². The lowest BCUT2D eigenvalue weighted by molar-refractivity contribution is -0.159. The van der Waals surface area contributed by atoms with E-state index >= 15 is 0 Å². The second-order valence-corrected chi connectivity index (χ2v) is 9.60. The van der Waals surface area contributed by atoms with Crippen LogP contribution in [-0.2, 0) is 9.59 Å². The van der Waals surface area contributed by atoms with Crippen LogP contribution in [0.2, 0.25) is 0 Å². The molecule has 150 valence electrons. The van der Waals surface area contributed by atoms with Crippen molar-refractivity contribution in [3.05, 3.63) is 0 Å². The fourth-order valence-corrected chi connectivity index (χ4v) is 4.64. The molecule has 0 unspecified atom stereocenters. The molecule has 2 saturated heterocycles. The van der Waals surface area contributed by atoms with Crippen molar-refractivity contribution < 1.29 is 9.59 Å². The van der Waals surface area contributed by atoms with Gasteiger partial charge in [0.25, 0.3) is 0 Å². The monoisotopic (exact) mass is 383 g/mol. The molecule has 2 fully saturated rings. The number of fused-ring (bicyclic) bond motifs is 1. The van der Waals surface area contributed by atoms with Gasteiger partial charge in [-0.2, -0.15) is 11.8 Å². The maximum Gasteiger partial charge on any atom is 0.242 e. The van der Waals surface area contributed by atoms with Crippen LogP contribution >= 0.6 is 11.8 Å². The van der Waals surface area contributed by atoms with E-state index in [9.17, 15) is 9.59 Å². The van der Waals surface area contributed by atoms with Crippen LogP contribution in [0, 0.1) is 11.8 Å². The Morgan fingerprint density at radius 1 is 1.15 bits per heavy atom. The summed E-state index contributed by atoms with van der Waals surface area (Å²) in [5.41, 5.74) is 0. The normalized spacial score (nSPS) is 27.2. The molecule has 0 bridgehead atoms. The Hall–Kier alpha value is -0.750. The largest absolute Gasteiger partial charge is 0.352 e. The zero-order valence-electron chi connectivity index (χ0n) is 17.2. The number of amides is 2. The second-order valence-electron chi connectivity index (χ2n) is 8.62. The Kier molecular flexibility index (Phi) is 8.27. The van der Waals surface area contributed by atoms with Crippen molar-refractivity contribution in [1.29, 1.82) is 0 Å². The predicted molar refractivity (Wildman–Crippen MR) is 109 cm³/mol. The van der Waals surface area contributed by atoms with Crippen molar-refractivity contribution in [3.63, 3.8) is 0 Å². The van der Waals surface area contributed by atoms with Gasteiger partial charge < -0.3 is 10.2 Å². The lowest BCUT2D eigenvalue weighted by Crippen LogP contribution is -2.71. The van der Waals surface area contributed by atoms with E-state index in [-0.39, 0.29) is 29.9 Å². The van der Waals surface area contributed by atoms with Crippen LogP contribution in [-0.4, -0.2) is 71.4 Å². The van der Waals surface area contributed by atoms with Gasteiger partial charge in [0, 0.05) is 13.1 Å². The molecule has 2 aliphatic rings. The highest BCUT2D eigenvalue weighted by atomic mass is 32.2. The minimum Gasteiger partial charge on any atom is -0.352 e. The van der Waals surface area contributed by atoms with Gasteiger partial charge in [-0.05, 0) is 56.1 Å². The molecule has 0 saturated carbocycles. The third kappa shape index (κ3) is 5.38. The number of piperazine rings is 2. The number of thioether (sulfide) groups is 1. The molecule has 5 nitrogen and oxygen atoms in total. The minimum absolute atomic E-state index is 0.0279. The molecule has 0 aliphatic carbocycles. The van der Waals surface area contributed by atoms with E-state index in [0.717, 1.165) is 38.1 Å². The van der Waals surface area contributed by atoms with Gasteiger partial charge in [0.15, 0.2) is 0 Å². The quantitative estimate of drug-likeness (QED) is 0.665. The summed E-state index contributed by atoms with van der Waals surface area (Å²) in [7, 11) is 0. The van der Waals surface area contributed by atoms with Crippen LogP contribution < -0.4 is 5.32 Å². The topological polar surface area (TPSA) is 52.7 Å². The Morgan fingerprint density at radius 3 is 2.50 bits per heavy atom. The third-order valence-electron chi connectivity index (χ3n) is 5.49. The van der Waals surface area contributed by atoms with E-state index in [1.165, 1.54) is 6.42 Å². The molecular formula is C20H37N3O2S. The van der Waals surface area contributed by atoms with Crippen LogP contribution in [0.1, 0.15) is 53.4 Å². The minimum atomic E-state index is -0.296. The van der Waals surface area contributed by atoms with E-state index < -0.39 is 0 Å². The summed E-state index contributed by atoms with van der Waals surface area (Å²) < 4.78 is 0. The summed E-state index contributed by atoms with van der Waals surface area (Å²) in [6.07, 6.45) is 6.04. The highest BCUT2D eigenvalue weighted by molar-refractivity contribution is 7.98. The van der Waals surface area contributed by atoms with Crippen molar-refractivity contribution in [3.8, 4) is 0 Å². The molecule has 6 heteroatoms. The third-order valence-corrected chi connectivity index (χ3v) is 6.13. The van der Waals surface area contributed by atoms with E-state index in [1.807, 2.05) is 4.90 Å². The van der Waals surface area contributed by atoms with Crippen molar-refractivity contribution in [1.82, 2.24) is 15.1 Å². The van der Waals surface area contributed by atoms with E-state index in [4.69, 9.17) is 0 Å². The molecular weight excluding hydrogens is 346 g/mol. The van der Waals surface area contributed by atoms with Gasteiger partial charge in [0.2, 0.25) is 11.8 Å². The predicted octanol–water partition coefficient (Wildman–Crippen LogP) is 2.60. The van der Waals surface area contributed by atoms with Crippen molar-refractivity contribution in [2.45, 2.75) is 71.5 Å². The molecule has 2 aliphatic heterocycles. The first-order chi connectivity index (χ1) is 12.3. The number of carbonyl (C=O) groups is 2. The molecule has 1 N–H and O–H groups in total. The number of carbonyl (C=O) groups excluding carboxylic acids is 2. The smallest absolute Gasteiger partial charge is 0.242 e. The molecule has 0 aromatic carbocycles. The average molecular weight is 384 g/mol. The summed E-state index contributed by atoms with van der Waals surface area (Å²) in [6, 6.07) is -0.240. The molecule has 0 aromatic rings. The standard InChI is InChI=1S/C20H37N3O2S/c1-14(2)7-6-9-22-13-16-12-21-19(24)18(11-15(3)4)23(16)20(25)17(22)8-10-26-5/h14-18H,6-13H2,1-5H3,(H,21,24)/t16-,17+,18+/m1/s1. The Morgan fingerprint density at radius 2 is 1.88 bits per heavy atom.